The summed E-state index contributed by atoms with van der Waals surface area (Å²) in [6.07, 6.45) is 1.68. The maximum atomic E-state index is 11.8. The number of carboxylic acids is 1. The molecule has 0 aromatic rings. The van der Waals surface area contributed by atoms with E-state index in [1.165, 1.54) is 4.90 Å². The number of likely N-dealkylation sites (N-methyl/N-ethyl adjacent to an activating group) is 1. The minimum atomic E-state index is -0.817. The van der Waals surface area contributed by atoms with Gasteiger partial charge in [-0.15, -0.1) is 0 Å². The highest BCUT2D eigenvalue weighted by Crippen LogP contribution is 2.25. The molecule has 3 amide bonds. The molecule has 0 spiro atoms. The van der Waals surface area contributed by atoms with Gasteiger partial charge in [0.1, 0.15) is 6.04 Å². The minimum Gasteiger partial charge on any atom is -0.481 e. The van der Waals surface area contributed by atoms with Crippen LogP contribution in [0.15, 0.2) is 0 Å². The zero-order valence-corrected chi connectivity index (χ0v) is 12.2. The third kappa shape index (κ3) is 4.40. The van der Waals surface area contributed by atoms with Gasteiger partial charge < -0.3 is 20.6 Å². The number of amides is 3. The van der Waals surface area contributed by atoms with E-state index in [1.54, 1.807) is 14.0 Å². The summed E-state index contributed by atoms with van der Waals surface area (Å²) in [5, 5.41) is 14.2. The van der Waals surface area contributed by atoms with Gasteiger partial charge in [-0.2, -0.15) is 0 Å². The molecule has 1 fully saturated rings. The number of urea groups is 1. The molecule has 3 N–H and O–H groups in total. The Labute approximate surface area is 118 Å². The van der Waals surface area contributed by atoms with E-state index in [0.29, 0.717) is 25.8 Å². The summed E-state index contributed by atoms with van der Waals surface area (Å²) in [6, 6.07) is -1.16. The van der Waals surface area contributed by atoms with Crippen molar-refractivity contribution >= 4 is 17.9 Å². The first-order chi connectivity index (χ1) is 9.35. The molecule has 7 nitrogen and oxygen atoms in total. The van der Waals surface area contributed by atoms with Gasteiger partial charge >= 0.3 is 12.0 Å². The van der Waals surface area contributed by atoms with Crippen LogP contribution < -0.4 is 10.6 Å². The molecule has 3 unspecified atom stereocenters. The molecule has 0 saturated heterocycles. The third-order valence-corrected chi connectivity index (χ3v) is 3.69. The highest BCUT2D eigenvalue weighted by molar-refractivity contribution is 5.86. The molecule has 0 bridgehead atoms. The lowest BCUT2D eigenvalue weighted by Crippen LogP contribution is -2.50. The molecule has 7 heteroatoms. The van der Waals surface area contributed by atoms with Crippen molar-refractivity contribution < 1.29 is 19.5 Å². The van der Waals surface area contributed by atoms with Crippen LogP contribution >= 0.6 is 0 Å². The smallest absolute Gasteiger partial charge is 0.315 e. The van der Waals surface area contributed by atoms with Gasteiger partial charge in [0, 0.05) is 19.6 Å². The standard InChI is InChI=1S/C13H23N3O4/c1-4-16(3)11(17)8(2)14-13(20)15-10-6-5-9(7-10)12(18)19/h8-10H,4-7H2,1-3H3,(H,18,19)(H2,14,15,20). The Morgan fingerprint density at radius 2 is 2.00 bits per heavy atom. The van der Waals surface area contributed by atoms with Crippen LogP contribution in [-0.4, -0.2) is 53.6 Å². The molecule has 0 aromatic carbocycles. The van der Waals surface area contributed by atoms with E-state index < -0.39 is 18.0 Å². The summed E-state index contributed by atoms with van der Waals surface area (Å²) in [5.74, 6) is -1.36. The molecule has 0 aliphatic heterocycles. The summed E-state index contributed by atoms with van der Waals surface area (Å²) < 4.78 is 0. The molecule has 1 saturated carbocycles. The van der Waals surface area contributed by atoms with Crippen molar-refractivity contribution in [1.82, 2.24) is 15.5 Å². The molecule has 114 valence electrons. The van der Waals surface area contributed by atoms with Gasteiger partial charge in [0.05, 0.1) is 5.92 Å². The summed E-state index contributed by atoms with van der Waals surface area (Å²) in [7, 11) is 1.67. The van der Waals surface area contributed by atoms with Crippen molar-refractivity contribution in [3.05, 3.63) is 0 Å². The van der Waals surface area contributed by atoms with E-state index >= 15 is 0 Å². The molecular formula is C13H23N3O4. The Hall–Kier alpha value is -1.79. The SMILES string of the molecule is CCN(C)C(=O)C(C)NC(=O)NC1CCC(C(=O)O)C1. The van der Waals surface area contributed by atoms with Crippen molar-refractivity contribution in [3.8, 4) is 0 Å². The van der Waals surface area contributed by atoms with E-state index in [4.69, 9.17) is 5.11 Å². The zero-order valence-electron chi connectivity index (χ0n) is 12.2. The Morgan fingerprint density at radius 3 is 2.50 bits per heavy atom. The van der Waals surface area contributed by atoms with E-state index in [1.807, 2.05) is 6.92 Å². The number of carboxylic acid groups (broad SMARTS) is 1. The van der Waals surface area contributed by atoms with E-state index in [2.05, 4.69) is 10.6 Å². The number of nitrogens with one attached hydrogen (secondary N) is 2. The second-order valence-corrected chi connectivity index (χ2v) is 5.24. The summed E-state index contributed by atoms with van der Waals surface area (Å²) in [4.78, 5) is 35.9. The number of hydrogen-bond donors (Lipinski definition) is 3. The van der Waals surface area contributed by atoms with Gasteiger partial charge in [0.15, 0.2) is 0 Å². The Morgan fingerprint density at radius 1 is 1.35 bits per heavy atom. The normalized spacial score (nSPS) is 22.9. The van der Waals surface area contributed by atoms with Crippen LogP contribution in [0.4, 0.5) is 4.79 Å². The van der Waals surface area contributed by atoms with Crippen LogP contribution in [0.1, 0.15) is 33.1 Å². The maximum Gasteiger partial charge on any atom is 0.315 e. The van der Waals surface area contributed by atoms with E-state index in [9.17, 15) is 14.4 Å². The van der Waals surface area contributed by atoms with Gasteiger partial charge in [-0.3, -0.25) is 9.59 Å². The average molecular weight is 285 g/mol. The molecule has 0 radical (unpaired) electrons. The fourth-order valence-corrected chi connectivity index (χ4v) is 2.31. The number of carbonyl (C=O) groups is 3. The van der Waals surface area contributed by atoms with Crippen LogP contribution in [-0.2, 0) is 9.59 Å². The number of rotatable bonds is 5. The van der Waals surface area contributed by atoms with Crippen molar-refractivity contribution in [2.45, 2.75) is 45.2 Å². The van der Waals surface area contributed by atoms with E-state index in [0.717, 1.165) is 0 Å². The molecule has 3 atom stereocenters. The van der Waals surface area contributed by atoms with Gasteiger partial charge in [0.25, 0.3) is 0 Å². The fourth-order valence-electron chi connectivity index (χ4n) is 2.31. The third-order valence-electron chi connectivity index (χ3n) is 3.69. The lowest BCUT2D eigenvalue weighted by molar-refractivity contribution is -0.141. The van der Waals surface area contributed by atoms with Crippen molar-refractivity contribution in [1.29, 1.82) is 0 Å². The molecule has 20 heavy (non-hydrogen) atoms. The zero-order chi connectivity index (χ0) is 15.3. The average Bonchev–Trinajstić information content (AvgIpc) is 2.85. The number of carbonyl (C=O) groups excluding carboxylic acids is 2. The van der Waals surface area contributed by atoms with Crippen LogP contribution in [0.2, 0.25) is 0 Å². The van der Waals surface area contributed by atoms with Crippen LogP contribution in [0, 0.1) is 5.92 Å². The van der Waals surface area contributed by atoms with Gasteiger partial charge in [0.2, 0.25) is 5.91 Å². The maximum absolute atomic E-state index is 11.8. The lowest BCUT2D eigenvalue weighted by Gasteiger charge is -2.21. The van der Waals surface area contributed by atoms with Crippen molar-refractivity contribution in [3.63, 3.8) is 0 Å². The first-order valence-electron chi connectivity index (χ1n) is 6.90. The largest absolute Gasteiger partial charge is 0.481 e. The van der Waals surface area contributed by atoms with Gasteiger partial charge in [-0.05, 0) is 33.1 Å². The predicted octanol–water partition coefficient (Wildman–Crippen LogP) is 0.406. The highest BCUT2D eigenvalue weighted by Gasteiger charge is 2.31. The highest BCUT2D eigenvalue weighted by atomic mass is 16.4. The molecule has 0 heterocycles. The second-order valence-electron chi connectivity index (χ2n) is 5.24. The van der Waals surface area contributed by atoms with Crippen molar-refractivity contribution in [2.24, 2.45) is 5.92 Å². The first kappa shape index (κ1) is 16.3. The molecular weight excluding hydrogens is 262 g/mol. The second kappa shape index (κ2) is 7.12. The lowest BCUT2D eigenvalue weighted by atomic mass is 10.1. The Balaban J connectivity index is 2.37. The number of hydrogen-bond acceptors (Lipinski definition) is 3. The van der Waals surface area contributed by atoms with Crippen LogP contribution in [0.3, 0.4) is 0 Å². The number of aliphatic carboxylic acids is 1. The molecule has 1 aliphatic carbocycles. The minimum absolute atomic E-state index is 0.137. The quantitative estimate of drug-likeness (QED) is 0.681. The number of nitrogens with zero attached hydrogens (tertiary/aromatic N) is 1. The monoisotopic (exact) mass is 285 g/mol. The Kier molecular flexibility index (Phi) is 5.79. The Bertz CT molecular complexity index is 386. The molecule has 1 aliphatic rings. The van der Waals surface area contributed by atoms with Crippen LogP contribution in [0.25, 0.3) is 0 Å². The van der Waals surface area contributed by atoms with Crippen molar-refractivity contribution in [2.75, 3.05) is 13.6 Å². The summed E-state index contributed by atoms with van der Waals surface area (Å²) in [5.41, 5.74) is 0. The van der Waals surface area contributed by atoms with Gasteiger partial charge in [-0.25, -0.2) is 4.79 Å². The first-order valence-corrected chi connectivity index (χ1v) is 6.90. The summed E-state index contributed by atoms with van der Waals surface area (Å²) in [6.45, 7) is 4.06. The predicted molar refractivity (Wildman–Crippen MR) is 73.2 cm³/mol. The van der Waals surface area contributed by atoms with E-state index in [-0.39, 0.29) is 17.9 Å². The molecule has 1 rings (SSSR count). The fraction of sp³-hybridized carbons (Fsp3) is 0.769. The van der Waals surface area contributed by atoms with Gasteiger partial charge in [-0.1, -0.05) is 0 Å². The topological polar surface area (TPSA) is 98.7 Å². The summed E-state index contributed by atoms with van der Waals surface area (Å²) >= 11 is 0. The van der Waals surface area contributed by atoms with Crippen LogP contribution in [0.5, 0.6) is 0 Å². The molecule has 0 aromatic heterocycles.